The lowest BCUT2D eigenvalue weighted by Gasteiger charge is -2.30. The van der Waals surface area contributed by atoms with Crippen molar-refractivity contribution in [2.24, 2.45) is 0 Å². The molecule has 0 bridgehead atoms. The lowest BCUT2D eigenvalue weighted by molar-refractivity contribution is 0.140. The predicted molar refractivity (Wildman–Crippen MR) is 97.0 cm³/mol. The van der Waals surface area contributed by atoms with E-state index in [1.165, 1.54) is 0 Å². The Morgan fingerprint density at radius 1 is 1.24 bits per heavy atom. The standard InChI is InChI=1S/C17H18Cl2N4O2/c18-14-4-3-12(10-15(14)19)16(25-13-2-1-5-21-11-13)22-17(24)23-8-6-20-7-9-23/h1-5,10-11,16,20H,6-9H2,(H,22,24)/t16-/m0/s1. The number of ether oxygens (including phenoxy) is 1. The Hall–Kier alpha value is -2.02. The molecule has 2 heterocycles. The van der Waals surface area contributed by atoms with E-state index in [0.717, 1.165) is 13.1 Å². The molecule has 132 valence electrons. The number of hydrogen-bond donors (Lipinski definition) is 2. The van der Waals surface area contributed by atoms with Crippen molar-refractivity contribution in [1.29, 1.82) is 0 Å². The van der Waals surface area contributed by atoms with E-state index < -0.39 is 6.23 Å². The van der Waals surface area contributed by atoms with Crippen molar-refractivity contribution in [3.63, 3.8) is 0 Å². The third-order valence-electron chi connectivity index (χ3n) is 3.79. The molecule has 1 aliphatic rings. The second-order valence-corrected chi connectivity index (χ2v) is 6.36. The maximum Gasteiger partial charge on any atom is 0.320 e. The van der Waals surface area contributed by atoms with Crippen LogP contribution in [0.25, 0.3) is 0 Å². The minimum atomic E-state index is -0.707. The molecule has 1 saturated heterocycles. The smallest absolute Gasteiger partial charge is 0.320 e. The van der Waals surface area contributed by atoms with E-state index in [-0.39, 0.29) is 6.03 Å². The molecule has 25 heavy (non-hydrogen) atoms. The molecule has 1 fully saturated rings. The number of urea groups is 1. The molecule has 1 aromatic heterocycles. The molecule has 1 aromatic carbocycles. The summed E-state index contributed by atoms with van der Waals surface area (Å²) in [6, 6.07) is 8.47. The summed E-state index contributed by atoms with van der Waals surface area (Å²) >= 11 is 12.1. The Morgan fingerprint density at radius 3 is 2.72 bits per heavy atom. The number of rotatable bonds is 4. The number of amides is 2. The first kappa shape index (κ1) is 17.8. The number of piperazine rings is 1. The SMILES string of the molecule is O=C(N[C@@H](Oc1cccnc1)c1ccc(Cl)c(Cl)c1)N1CCNCC1. The number of nitrogens with zero attached hydrogens (tertiary/aromatic N) is 2. The molecule has 0 spiro atoms. The van der Waals surface area contributed by atoms with Gasteiger partial charge in [0.25, 0.3) is 0 Å². The maximum atomic E-state index is 12.6. The van der Waals surface area contributed by atoms with Crippen LogP contribution in [0.5, 0.6) is 5.75 Å². The van der Waals surface area contributed by atoms with E-state index in [2.05, 4.69) is 15.6 Å². The molecule has 2 N–H and O–H groups in total. The van der Waals surface area contributed by atoms with Gasteiger partial charge in [0.2, 0.25) is 0 Å². The van der Waals surface area contributed by atoms with Crippen LogP contribution in [0.2, 0.25) is 10.0 Å². The van der Waals surface area contributed by atoms with Gasteiger partial charge in [0, 0.05) is 37.9 Å². The van der Waals surface area contributed by atoms with Crippen LogP contribution < -0.4 is 15.4 Å². The Bertz CT molecular complexity index is 724. The summed E-state index contributed by atoms with van der Waals surface area (Å²) in [5.74, 6) is 0.541. The van der Waals surface area contributed by atoms with Crippen molar-refractivity contribution in [1.82, 2.24) is 20.5 Å². The predicted octanol–water partition coefficient (Wildman–Crippen LogP) is 3.08. The van der Waals surface area contributed by atoms with Crippen LogP contribution >= 0.6 is 23.2 Å². The van der Waals surface area contributed by atoms with Gasteiger partial charge < -0.3 is 15.0 Å². The fourth-order valence-corrected chi connectivity index (χ4v) is 2.79. The average Bonchev–Trinajstić information content (AvgIpc) is 2.65. The van der Waals surface area contributed by atoms with Crippen LogP contribution in [0.3, 0.4) is 0 Å². The largest absolute Gasteiger partial charge is 0.465 e. The van der Waals surface area contributed by atoms with Crippen LogP contribution in [0.4, 0.5) is 4.79 Å². The van der Waals surface area contributed by atoms with Crippen LogP contribution in [-0.2, 0) is 0 Å². The van der Waals surface area contributed by atoms with Gasteiger partial charge in [-0.1, -0.05) is 29.3 Å². The van der Waals surface area contributed by atoms with E-state index in [1.54, 1.807) is 47.6 Å². The lowest BCUT2D eigenvalue weighted by atomic mass is 10.2. The number of halogens is 2. The summed E-state index contributed by atoms with van der Waals surface area (Å²) in [5, 5.41) is 6.96. The first-order chi connectivity index (χ1) is 12.1. The van der Waals surface area contributed by atoms with Crippen molar-refractivity contribution >= 4 is 29.2 Å². The molecule has 6 nitrogen and oxygen atoms in total. The van der Waals surface area contributed by atoms with Crippen LogP contribution in [0.15, 0.2) is 42.7 Å². The number of carbonyl (C=O) groups is 1. The molecule has 1 atom stereocenters. The van der Waals surface area contributed by atoms with E-state index in [4.69, 9.17) is 27.9 Å². The summed E-state index contributed by atoms with van der Waals surface area (Å²) < 4.78 is 5.92. The fraction of sp³-hybridized carbons (Fsp3) is 0.294. The number of aromatic nitrogens is 1. The third-order valence-corrected chi connectivity index (χ3v) is 4.53. The molecule has 3 rings (SSSR count). The van der Waals surface area contributed by atoms with Gasteiger partial charge in [-0.05, 0) is 24.3 Å². The molecule has 1 aliphatic heterocycles. The Kier molecular flexibility index (Phi) is 5.96. The highest BCUT2D eigenvalue weighted by atomic mass is 35.5. The molecule has 8 heteroatoms. The monoisotopic (exact) mass is 380 g/mol. The summed E-state index contributed by atoms with van der Waals surface area (Å²) in [4.78, 5) is 18.3. The molecular weight excluding hydrogens is 363 g/mol. The molecular formula is C17H18Cl2N4O2. The van der Waals surface area contributed by atoms with Crippen molar-refractivity contribution < 1.29 is 9.53 Å². The van der Waals surface area contributed by atoms with Crippen LogP contribution in [0.1, 0.15) is 11.8 Å². The van der Waals surface area contributed by atoms with Gasteiger partial charge in [-0.2, -0.15) is 0 Å². The minimum absolute atomic E-state index is 0.193. The average molecular weight is 381 g/mol. The number of nitrogens with one attached hydrogen (secondary N) is 2. The Morgan fingerprint density at radius 2 is 2.04 bits per heavy atom. The number of pyridine rings is 1. The van der Waals surface area contributed by atoms with Crippen molar-refractivity contribution in [3.8, 4) is 5.75 Å². The number of benzene rings is 1. The molecule has 2 amide bonds. The maximum absolute atomic E-state index is 12.6. The topological polar surface area (TPSA) is 66.5 Å². The highest BCUT2D eigenvalue weighted by Crippen LogP contribution is 2.27. The summed E-state index contributed by atoms with van der Waals surface area (Å²) in [6.07, 6.45) is 2.53. The van der Waals surface area contributed by atoms with E-state index in [9.17, 15) is 4.79 Å². The van der Waals surface area contributed by atoms with E-state index >= 15 is 0 Å². The Labute approximate surface area is 156 Å². The van der Waals surface area contributed by atoms with Gasteiger partial charge in [-0.3, -0.25) is 10.3 Å². The van der Waals surface area contributed by atoms with E-state index in [1.807, 2.05) is 0 Å². The summed E-state index contributed by atoms with van der Waals surface area (Å²) in [6.45, 7) is 2.84. The highest BCUT2D eigenvalue weighted by Gasteiger charge is 2.22. The molecule has 0 saturated carbocycles. The van der Waals surface area contributed by atoms with Gasteiger partial charge in [0.05, 0.1) is 16.2 Å². The molecule has 0 unspecified atom stereocenters. The van der Waals surface area contributed by atoms with E-state index in [0.29, 0.717) is 34.4 Å². The highest BCUT2D eigenvalue weighted by molar-refractivity contribution is 6.42. The molecule has 2 aromatic rings. The molecule has 0 radical (unpaired) electrons. The normalized spacial score (nSPS) is 15.5. The number of hydrogen-bond acceptors (Lipinski definition) is 4. The van der Waals surface area contributed by atoms with Crippen LogP contribution in [0, 0.1) is 0 Å². The van der Waals surface area contributed by atoms with Gasteiger partial charge >= 0.3 is 6.03 Å². The number of carbonyl (C=O) groups excluding carboxylic acids is 1. The Balaban J connectivity index is 1.80. The summed E-state index contributed by atoms with van der Waals surface area (Å²) in [7, 11) is 0. The van der Waals surface area contributed by atoms with Crippen molar-refractivity contribution in [2.45, 2.75) is 6.23 Å². The second kappa shape index (κ2) is 8.38. The van der Waals surface area contributed by atoms with Gasteiger partial charge in [0.15, 0.2) is 6.23 Å². The lowest BCUT2D eigenvalue weighted by Crippen LogP contribution is -2.51. The first-order valence-electron chi connectivity index (χ1n) is 7.91. The summed E-state index contributed by atoms with van der Waals surface area (Å²) in [5.41, 5.74) is 0.696. The van der Waals surface area contributed by atoms with Gasteiger partial charge in [-0.15, -0.1) is 0 Å². The van der Waals surface area contributed by atoms with Crippen molar-refractivity contribution in [2.75, 3.05) is 26.2 Å². The molecule has 0 aliphatic carbocycles. The van der Waals surface area contributed by atoms with Crippen molar-refractivity contribution in [3.05, 3.63) is 58.3 Å². The zero-order valence-electron chi connectivity index (χ0n) is 13.4. The second-order valence-electron chi connectivity index (χ2n) is 5.55. The zero-order chi connectivity index (χ0) is 17.6. The van der Waals surface area contributed by atoms with Crippen LogP contribution in [-0.4, -0.2) is 42.1 Å². The third kappa shape index (κ3) is 4.75. The van der Waals surface area contributed by atoms with Gasteiger partial charge in [0.1, 0.15) is 5.75 Å². The first-order valence-corrected chi connectivity index (χ1v) is 8.67. The van der Waals surface area contributed by atoms with Gasteiger partial charge in [-0.25, -0.2) is 4.79 Å². The fourth-order valence-electron chi connectivity index (χ4n) is 2.48. The zero-order valence-corrected chi connectivity index (χ0v) is 14.9. The minimum Gasteiger partial charge on any atom is -0.465 e. The quantitative estimate of drug-likeness (QED) is 0.799.